The van der Waals surface area contributed by atoms with Gasteiger partial charge in [-0.3, -0.25) is 4.79 Å². The SMILES string of the molecule is COCC(N)C(=O)NC(c1ccc(Cl)cc1)c1noc(C)n1.Cl. The van der Waals surface area contributed by atoms with Crippen molar-refractivity contribution < 1.29 is 14.1 Å². The van der Waals surface area contributed by atoms with Crippen molar-refractivity contribution in [2.75, 3.05) is 13.7 Å². The molecular weight excluding hydrogens is 343 g/mol. The van der Waals surface area contributed by atoms with E-state index in [1.165, 1.54) is 7.11 Å². The molecule has 0 aliphatic heterocycles. The zero-order valence-electron chi connectivity index (χ0n) is 12.7. The van der Waals surface area contributed by atoms with Gasteiger partial charge in [0.05, 0.1) is 6.61 Å². The van der Waals surface area contributed by atoms with E-state index in [4.69, 9.17) is 26.6 Å². The number of nitrogens with two attached hydrogens (primary N) is 1. The zero-order chi connectivity index (χ0) is 16.1. The molecule has 0 aliphatic carbocycles. The molecule has 2 atom stereocenters. The Bertz CT molecular complexity index is 633. The zero-order valence-corrected chi connectivity index (χ0v) is 14.2. The van der Waals surface area contributed by atoms with Gasteiger partial charge in [0, 0.05) is 19.1 Å². The normalized spacial score (nSPS) is 13.0. The van der Waals surface area contributed by atoms with Gasteiger partial charge < -0.3 is 20.3 Å². The van der Waals surface area contributed by atoms with Crippen molar-refractivity contribution in [1.29, 1.82) is 0 Å². The van der Waals surface area contributed by atoms with Gasteiger partial charge in [-0.1, -0.05) is 28.9 Å². The molecule has 1 aromatic carbocycles. The summed E-state index contributed by atoms with van der Waals surface area (Å²) in [6, 6.07) is 5.63. The lowest BCUT2D eigenvalue weighted by Crippen LogP contribution is -2.45. The van der Waals surface area contributed by atoms with Gasteiger partial charge in [-0.2, -0.15) is 4.98 Å². The van der Waals surface area contributed by atoms with E-state index in [2.05, 4.69) is 15.5 Å². The van der Waals surface area contributed by atoms with Crippen molar-refractivity contribution in [2.45, 2.75) is 19.0 Å². The third-order valence-corrected chi connectivity index (χ3v) is 3.23. The van der Waals surface area contributed by atoms with Crippen LogP contribution in [0.4, 0.5) is 0 Å². The summed E-state index contributed by atoms with van der Waals surface area (Å²) in [5.41, 5.74) is 6.51. The molecule has 3 N–H and O–H groups in total. The molecule has 23 heavy (non-hydrogen) atoms. The third-order valence-electron chi connectivity index (χ3n) is 2.97. The molecule has 0 radical (unpaired) electrons. The monoisotopic (exact) mass is 360 g/mol. The summed E-state index contributed by atoms with van der Waals surface area (Å²) < 4.78 is 9.87. The predicted molar refractivity (Wildman–Crippen MR) is 87.6 cm³/mol. The number of nitrogens with zero attached hydrogens (tertiary/aromatic N) is 2. The smallest absolute Gasteiger partial charge is 0.240 e. The molecule has 1 amide bonds. The summed E-state index contributed by atoms with van der Waals surface area (Å²) in [6.45, 7) is 1.79. The molecule has 0 saturated heterocycles. The van der Waals surface area contributed by atoms with Gasteiger partial charge in [0.15, 0.2) is 5.82 Å². The molecule has 2 rings (SSSR count). The Balaban J connectivity index is 0.00000264. The van der Waals surface area contributed by atoms with Crippen LogP contribution in [0, 0.1) is 6.92 Å². The number of methoxy groups -OCH3 is 1. The summed E-state index contributed by atoms with van der Waals surface area (Å²) in [4.78, 5) is 16.3. The number of amides is 1. The molecule has 0 aliphatic rings. The number of ether oxygens (including phenoxy) is 1. The van der Waals surface area contributed by atoms with Crippen molar-refractivity contribution in [2.24, 2.45) is 5.73 Å². The Kier molecular flexibility index (Phi) is 7.44. The van der Waals surface area contributed by atoms with Crippen LogP contribution in [-0.4, -0.2) is 35.8 Å². The van der Waals surface area contributed by atoms with Crippen molar-refractivity contribution >= 4 is 29.9 Å². The second-order valence-corrected chi connectivity index (χ2v) is 5.16. The lowest BCUT2D eigenvalue weighted by Gasteiger charge is -2.18. The van der Waals surface area contributed by atoms with E-state index < -0.39 is 12.1 Å². The summed E-state index contributed by atoms with van der Waals surface area (Å²) in [6.07, 6.45) is 0. The van der Waals surface area contributed by atoms with E-state index in [1.54, 1.807) is 31.2 Å². The van der Waals surface area contributed by atoms with Crippen molar-refractivity contribution in [1.82, 2.24) is 15.5 Å². The minimum atomic E-state index is -0.784. The predicted octanol–water partition coefficient (Wildman–Crippen LogP) is 1.63. The molecule has 1 heterocycles. The van der Waals surface area contributed by atoms with Gasteiger partial charge in [0.25, 0.3) is 0 Å². The molecule has 2 unspecified atom stereocenters. The van der Waals surface area contributed by atoms with E-state index in [0.717, 1.165) is 5.56 Å². The average molecular weight is 361 g/mol. The number of rotatable bonds is 6. The molecule has 9 heteroatoms. The number of carbonyl (C=O) groups is 1. The number of halogens is 2. The quantitative estimate of drug-likeness (QED) is 0.811. The lowest BCUT2D eigenvalue weighted by atomic mass is 10.1. The molecule has 0 spiro atoms. The first-order valence-corrected chi connectivity index (χ1v) is 6.99. The van der Waals surface area contributed by atoms with Crippen LogP contribution in [0.5, 0.6) is 0 Å². The fourth-order valence-electron chi connectivity index (χ4n) is 1.89. The molecule has 126 valence electrons. The fraction of sp³-hybridized carbons (Fsp3) is 0.357. The maximum Gasteiger partial charge on any atom is 0.240 e. The van der Waals surface area contributed by atoms with Gasteiger partial charge in [-0.05, 0) is 17.7 Å². The summed E-state index contributed by atoms with van der Waals surface area (Å²) in [5, 5.41) is 7.25. The summed E-state index contributed by atoms with van der Waals surface area (Å²) in [7, 11) is 1.48. The maximum atomic E-state index is 12.1. The number of hydrogen-bond acceptors (Lipinski definition) is 6. The van der Waals surface area contributed by atoms with Crippen LogP contribution in [0.25, 0.3) is 0 Å². The lowest BCUT2D eigenvalue weighted by molar-refractivity contribution is -0.124. The van der Waals surface area contributed by atoms with Crippen LogP contribution in [0.1, 0.15) is 23.3 Å². The molecule has 2 aromatic rings. The van der Waals surface area contributed by atoms with Gasteiger partial charge in [-0.15, -0.1) is 12.4 Å². The van der Waals surface area contributed by atoms with Crippen molar-refractivity contribution in [3.8, 4) is 0 Å². The largest absolute Gasteiger partial charge is 0.383 e. The minimum Gasteiger partial charge on any atom is -0.383 e. The minimum absolute atomic E-state index is 0. The van der Waals surface area contributed by atoms with Gasteiger partial charge in [0.1, 0.15) is 12.1 Å². The highest BCUT2D eigenvalue weighted by Crippen LogP contribution is 2.21. The van der Waals surface area contributed by atoms with Gasteiger partial charge in [-0.25, -0.2) is 0 Å². The van der Waals surface area contributed by atoms with E-state index in [-0.39, 0.29) is 24.9 Å². The standard InChI is InChI=1S/C14H17ClN4O3.ClH/c1-8-17-13(19-22-8)12(9-3-5-10(15)6-4-9)18-14(20)11(16)7-21-2;/h3-6,11-12H,7,16H2,1-2H3,(H,18,20);1H. The van der Waals surface area contributed by atoms with Crippen LogP contribution < -0.4 is 11.1 Å². The Morgan fingerprint density at radius 3 is 2.61 bits per heavy atom. The first-order valence-electron chi connectivity index (χ1n) is 6.62. The van der Waals surface area contributed by atoms with E-state index in [0.29, 0.717) is 16.7 Å². The third kappa shape index (κ3) is 5.18. The maximum absolute atomic E-state index is 12.1. The van der Waals surface area contributed by atoms with Gasteiger partial charge >= 0.3 is 0 Å². The van der Waals surface area contributed by atoms with Crippen LogP contribution in [0.15, 0.2) is 28.8 Å². The van der Waals surface area contributed by atoms with Crippen molar-refractivity contribution in [3.63, 3.8) is 0 Å². The highest BCUT2D eigenvalue weighted by molar-refractivity contribution is 6.30. The number of benzene rings is 1. The Labute approximate surface area is 144 Å². The molecule has 7 nitrogen and oxygen atoms in total. The second kappa shape index (κ2) is 8.83. The molecular formula is C14H18Cl2N4O3. The van der Waals surface area contributed by atoms with E-state index in [1.807, 2.05) is 0 Å². The Morgan fingerprint density at radius 1 is 1.43 bits per heavy atom. The average Bonchev–Trinajstić information content (AvgIpc) is 2.92. The summed E-state index contributed by atoms with van der Waals surface area (Å²) in [5.74, 6) is 0.381. The number of aryl methyl sites for hydroxylation is 1. The highest BCUT2D eigenvalue weighted by atomic mass is 35.5. The second-order valence-electron chi connectivity index (χ2n) is 4.73. The van der Waals surface area contributed by atoms with Crippen LogP contribution in [-0.2, 0) is 9.53 Å². The van der Waals surface area contributed by atoms with E-state index >= 15 is 0 Å². The molecule has 0 bridgehead atoms. The Morgan fingerprint density at radius 2 is 2.09 bits per heavy atom. The number of nitrogens with one attached hydrogen (secondary N) is 1. The molecule has 1 aromatic heterocycles. The molecule has 0 saturated carbocycles. The number of aromatic nitrogens is 2. The summed E-state index contributed by atoms with van der Waals surface area (Å²) >= 11 is 5.89. The van der Waals surface area contributed by atoms with Gasteiger partial charge in [0.2, 0.25) is 11.8 Å². The number of carbonyl (C=O) groups excluding carboxylic acids is 1. The Hall–Kier alpha value is -1.67. The topological polar surface area (TPSA) is 103 Å². The first-order chi connectivity index (χ1) is 10.5. The number of hydrogen-bond donors (Lipinski definition) is 2. The van der Waals surface area contributed by atoms with E-state index in [9.17, 15) is 4.79 Å². The van der Waals surface area contributed by atoms with Crippen LogP contribution in [0.3, 0.4) is 0 Å². The van der Waals surface area contributed by atoms with Crippen molar-refractivity contribution in [3.05, 3.63) is 46.6 Å². The fourth-order valence-corrected chi connectivity index (χ4v) is 2.01. The van der Waals surface area contributed by atoms with Crippen LogP contribution in [0.2, 0.25) is 5.02 Å². The first kappa shape index (κ1) is 19.4. The highest BCUT2D eigenvalue weighted by Gasteiger charge is 2.24. The van der Waals surface area contributed by atoms with Crippen LogP contribution >= 0.6 is 24.0 Å². The molecule has 0 fully saturated rings.